The van der Waals surface area contributed by atoms with Crippen molar-refractivity contribution in [1.82, 2.24) is 5.32 Å². The first-order valence-corrected chi connectivity index (χ1v) is 6.44. The van der Waals surface area contributed by atoms with E-state index in [4.69, 9.17) is 0 Å². The molecular weight excluding hydrogens is 194 g/mol. The molecule has 0 spiro atoms. The predicted octanol–water partition coefficient (Wildman–Crippen LogP) is 3.50. The summed E-state index contributed by atoms with van der Waals surface area (Å²) in [5.41, 5.74) is 5.72. The molecule has 0 heterocycles. The monoisotopic (exact) mass is 217 g/mol. The molecule has 1 fully saturated rings. The summed E-state index contributed by atoms with van der Waals surface area (Å²) in [7, 11) is 0. The molecule has 0 bridgehead atoms. The van der Waals surface area contributed by atoms with Gasteiger partial charge in [-0.2, -0.15) is 0 Å². The van der Waals surface area contributed by atoms with Crippen LogP contribution in [0.4, 0.5) is 0 Å². The number of hydrogen-bond acceptors (Lipinski definition) is 1. The minimum Gasteiger partial charge on any atom is -0.312 e. The second-order valence-corrected chi connectivity index (χ2v) is 5.31. The van der Waals surface area contributed by atoms with Crippen LogP contribution in [0.2, 0.25) is 0 Å². The van der Waals surface area contributed by atoms with Crippen molar-refractivity contribution in [3.05, 3.63) is 34.4 Å². The van der Waals surface area contributed by atoms with Crippen molar-refractivity contribution in [3.63, 3.8) is 0 Å². The van der Waals surface area contributed by atoms with Crippen molar-refractivity contribution in [2.45, 2.75) is 46.6 Å². The molecule has 1 aliphatic rings. The molecule has 1 aliphatic carbocycles. The van der Waals surface area contributed by atoms with Gasteiger partial charge in [-0.25, -0.2) is 0 Å². The Balaban J connectivity index is 1.92. The Bertz CT molecular complexity index is 341. The van der Waals surface area contributed by atoms with Crippen molar-refractivity contribution in [2.75, 3.05) is 6.54 Å². The molecule has 0 aromatic heterocycles. The number of rotatable bonds is 4. The molecule has 0 unspecified atom stereocenters. The Morgan fingerprint density at radius 2 is 1.75 bits per heavy atom. The van der Waals surface area contributed by atoms with E-state index < -0.39 is 0 Å². The topological polar surface area (TPSA) is 12.0 Å². The van der Waals surface area contributed by atoms with Crippen molar-refractivity contribution in [2.24, 2.45) is 5.92 Å². The highest BCUT2D eigenvalue weighted by molar-refractivity contribution is 5.37. The van der Waals surface area contributed by atoms with Crippen LogP contribution in [-0.2, 0) is 6.54 Å². The lowest BCUT2D eigenvalue weighted by molar-refractivity contribution is 0.301. The molecule has 88 valence electrons. The van der Waals surface area contributed by atoms with E-state index in [-0.39, 0.29) is 0 Å². The van der Waals surface area contributed by atoms with E-state index in [9.17, 15) is 0 Å². The van der Waals surface area contributed by atoms with Crippen LogP contribution < -0.4 is 5.32 Å². The van der Waals surface area contributed by atoms with Crippen molar-refractivity contribution in [1.29, 1.82) is 0 Å². The first-order valence-electron chi connectivity index (χ1n) is 6.44. The number of benzene rings is 1. The molecule has 1 N–H and O–H groups in total. The largest absolute Gasteiger partial charge is 0.312 e. The van der Waals surface area contributed by atoms with Crippen LogP contribution >= 0.6 is 0 Å². The maximum absolute atomic E-state index is 3.60. The van der Waals surface area contributed by atoms with Gasteiger partial charge >= 0.3 is 0 Å². The van der Waals surface area contributed by atoms with Gasteiger partial charge in [-0.1, -0.05) is 24.1 Å². The summed E-state index contributed by atoms with van der Waals surface area (Å²) >= 11 is 0. The Hall–Kier alpha value is -0.820. The maximum atomic E-state index is 3.60. The Labute approximate surface area is 99.3 Å². The van der Waals surface area contributed by atoms with E-state index >= 15 is 0 Å². The van der Waals surface area contributed by atoms with Gasteiger partial charge in [-0.15, -0.1) is 0 Å². The fourth-order valence-corrected chi connectivity index (χ4v) is 2.59. The SMILES string of the molecule is Cc1cc(C)c(CNCC2CCC2)c(C)c1. The number of hydrogen-bond donors (Lipinski definition) is 1. The Morgan fingerprint density at radius 3 is 2.25 bits per heavy atom. The predicted molar refractivity (Wildman–Crippen MR) is 69.7 cm³/mol. The average molecular weight is 217 g/mol. The third-order valence-corrected chi connectivity index (χ3v) is 3.80. The zero-order valence-corrected chi connectivity index (χ0v) is 10.8. The van der Waals surface area contributed by atoms with Crippen LogP contribution in [0.3, 0.4) is 0 Å². The van der Waals surface area contributed by atoms with Crippen LogP contribution in [0, 0.1) is 26.7 Å². The molecule has 2 rings (SSSR count). The first kappa shape index (κ1) is 11.7. The fraction of sp³-hybridized carbons (Fsp3) is 0.600. The highest BCUT2D eigenvalue weighted by atomic mass is 14.9. The molecular formula is C15H23N. The zero-order chi connectivity index (χ0) is 11.5. The maximum Gasteiger partial charge on any atom is 0.0210 e. The summed E-state index contributed by atoms with van der Waals surface area (Å²) in [5.74, 6) is 0.950. The van der Waals surface area contributed by atoms with E-state index in [1.807, 2.05) is 0 Å². The van der Waals surface area contributed by atoms with Gasteiger partial charge in [-0.05, 0) is 62.8 Å². The molecule has 1 aromatic rings. The second kappa shape index (κ2) is 5.01. The summed E-state index contributed by atoms with van der Waals surface area (Å²) in [4.78, 5) is 0. The highest BCUT2D eigenvalue weighted by Crippen LogP contribution is 2.25. The summed E-state index contributed by atoms with van der Waals surface area (Å²) in [5, 5.41) is 3.60. The van der Waals surface area contributed by atoms with Crippen LogP contribution in [0.25, 0.3) is 0 Å². The Morgan fingerprint density at radius 1 is 1.12 bits per heavy atom. The van der Waals surface area contributed by atoms with E-state index in [1.54, 1.807) is 0 Å². The first-order chi connectivity index (χ1) is 7.66. The van der Waals surface area contributed by atoms with Gasteiger partial charge in [0, 0.05) is 6.54 Å². The minimum absolute atomic E-state index is 0.950. The molecule has 1 aromatic carbocycles. The average Bonchev–Trinajstić information content (AvgIpc) is 2.12. The lowest BCUT2D eigenvalue weighted by Crippen LogP contribution is -2.27. The van der Waals surface area contributed by atoms with E-state index in [1.165, 1.54) is 48.1 Å². The van der Waals surface area contributed by atoms with Crippen molar-refractivity contribution < 1.29 is 0 Å². The summed E-state index contributed by atoms with van der Waals surface area (Å²) in [6.45, 7) is 8.85. The van der Waals surface area contributed by atoms with Gasteiger partial charge in [-0.3, -0.25) is 0 Å². The van der Waals surface area contributed by atoms with Crippen LogP contribution in [0.5, 0.6) is 0 Å². The highest BCUT2D eigenvalue weighted by Gasteiger charge is 2.16. The molecule has 0 aliphatic heterocycles. The second-order valence-electron chi connectivity index (χ2n) is 5.31. The van der Waals surface area contributed by atoms with Crippen molar-refractivity contribution in [3.8, 4) is 0 Å². The quantitative estimate of drug-likeness (QED) is 0.814. The molecule has 16 heavy (non-hydrogen) atoms. The third-order valence-electron chi connectivity index (χ3n) is 3.80. The summed E-state index contributed by atoms with van der Waals surface area (Å²) in [6.07, 6.45) is 4.30. The van der Waals surface area contributed by atoms with Crippen LogP contribution in [0.1, 0.15) is 41.5 Å². The summed E-state index contributed by atoms with van der Waals surface area (Å²) < 4.78 is 0. The molecule has 1 saturated carbocycles. The van der Waals surface area contributed by atoms with Crippen LogP contribution in [-0.4, -0.2) is 6.54 Å². The van der Waals surface area contributed by atoms with Gasteiger partial charge < -0.3 is 5.32 Å². The molecule has 1 nitrogen and oxygen atoms in total. The molecule has 0 saturated heterocycles. The lowest BCUT2D eigenvalue weighted by Gasteiger charge is -2.25. The molecule has 0 radical (unpaired) electrons. The van der Waals surface area contributed by atoms with Gasteiger partial charge in [0.1, 0.15) is 0 Å². The van der Waals surface area contributed by atoms with E-state index in [0.29, 0.717) is 0 Å². The normalized spacial score (nSPS) is 16.2. The molecule has 0 amide bonds. The summed E-state index contributed by atoms with van der Waals surface area (Å²) in [6, 6.07) is 4.57. The van der Waals surface area contributed by atoms with Gasteiger partial charge in [0.05, 0.1) is 0 Å². The number of aryl methyl sites for hydroxylation is 3. The number of nitrogens with one attached hydrogen (secondary N) is 1. The molecule has 0 atom stereocenters. The van der Waals surface area contributed by atoms with E-state index in [2.05, 4.69) is 38.2 Å². The lowest BCUT2D eigenvalue weighted by atomic mass is 9.85. The van der Waals surface area contributed by atoms with Crippen molar-refractivity contribution >= 4 is 0 Å². The Kier molecular flexibility index (Phi) is 3.65. The van der Waals surface area contributed by atoms with Crippen LogP contribution in [0.15, 0.2) is 12.1 Å². The standard InChI is InChI=1S/C15H23N/c1-11-7-12(2)15(13(3)8-11)10-16-9-14-5-4-6-14/h7-8,14,16H,4-6,9-10H2,1-3H3. The van der Waals surface area contributed by atoms with Gasteiger partial charge in [0.15, 0.2) is 0 Å². The minimum atomic E-state index is 0.950. The molecule has 1 heteroatoms. The zero-order valence-electron chi connectivity index (χ0n) is 10.8. The van der Waals surface area contributed by atoms with E-state index in [0.717, 1.165) is 12.5 Å². The van der Waals surface area contributed by atoms with Gasteiger partial charge in [0.25, 0.3) is 0 Å². The smallest absolute Gasteiger partial charge is 0.0210 e. The third kappa shape index (κ3) is 2.65. The van der Waals surface area contributed by atoms with Gasteiger partial charge in [0.2, 0.25) is 0 Å². The fourth-order valence-electron chi connectivity index (χ4n) is 2.59.